The number of hydrogen-bond donors (Lipinski definition) is 2. The highest BCUT2D eigenvalue weighted by molar-refractivity contribution is 5.99. The number of carbonyl (C=O) groups is 2. The average Bonchev–Trinajstić information content (AvgIpc) is 2.76. The first kappa shape index (κ1) is 15.4. The molecular weight excluding hydrogens is 312 g/mol. The second-order valence-corrected chi connectivity index (χ2v) is 7.24. The van der Waals surface area contributed by atoms with Gasteiger partial charge in [-0.25, -0.2) is 14.6 Å². The van der Waals surface area contributed by atoms with Crippen molar-refractivity contribution in [1.29, 1.82) is 0 Å². The Morgan fingerprint density at radius 2 is 2.21 bits per heavy atom. The molecule has 8 heteroatoms. The standard InChI is InChI=1S/C16H22N4O4/c1-15(2)16(7-9(16)8-24-15)19-14(22)18-12-11(13(21)23-3)20-6-4-5-10(20)17-12/h9H,4-8H2,1-3H3,(H2,18,19,22). The second kappa shape index (κ2) is 4.95. The number of esters is 1. The molecule has 2 aliphatic heterocycles. The monoisotopic (exact) mass is 334 g/mol. The fourth-order valence-corrected chi connectivity index (χ4v) is 4.07. The number of hydrogen-bond acceptors (Lipinski definition) is 5. The van der Waals surface area contributed by atoms with Crippen molar-refractivity contribution in [2.75, 3.05) is 19.0 Å². The zero-order valence-electron chi connectivity index (χ0n) is 14.1. The van der Waals surface area contributed by atoms with Crippen LogP contribution in [0.5, 0.6) is 0 Å². The maximum Gasteiger partial charge on any atom is 0.358 e. The van der Waals surface area contributed by atoms with Gasteiger partial charge in [0.05, 0.1) is 24.9 Å². The summed E-state index contributed by atoms with van der Waals surface area (Å²) in [4.78, 5) is 29.0. The van der Waals surface area contributed by atoms with Crippen LogP contribution in [-0.2, 0) is 22.4 Å². The predicted molar refractivity (Wildman–Crippen MR) is 84.9 cm³/mol. The van der Waals surface area contributed by atoms with E-state index in [0.717, 1.165) is 25.1 Å². The molecule has 8 nitrogen and oxygen atoms in total. The predicted octanol–water partition coefficient (Wildman–Crippen LogP) is 1.30. The van der Waals surface area contributed by atoms with E-state index in [9.17, 15) is 9.59 Å². The molecule has 2 unspecified atom stereocenters. The molecule has 0 radical (unpaired) electrons. The van der Waals surface area contributed by atoms with Crippen LogP contribution in [0.15, 0.2) is 0 Å². The summed E-state index contributed by atoms with van der Waals surface area (Å²) in [5.74, 6) is 0.931. The number of fused-ring (bicyclic) bond motifs is 2. The quantitative estimate of drug-likeness (QED) is 0.813. The number of methoxy groups -OCH3 is 1. The summed E-state index contributed by atoms with van der Waals surface area (Å²) in [7, 11) is 1.33. The summed E-state index contributed by atoms with van der Waals surface area (Å²) in [6, 6.07) is -0.363. The molecule has 2 N–H and O–H groups in total. The van der Waals surface area contributed by atoms with Crippen molar-refractivity contribution in [2.45, 2.75) is 50.8 Å². The molecule has 1 saturated carbocycles. The molecule has 0 spiro atoms. The van der Waals surface area contributed by atoms with Crippen LogP contribution in [0.25, 0.3) is 0 Å². The first-order valence-electron chi connectivity index (χ1n) is 8.29. The van der Waals surface area contributed by atoms with Gasteiger partial charge in [-0.3, -0.25) is 5.32 Å². The summed E-state index contributed by atoms with van der Waals surface area (Å²) in [5.41, 5.74) is -0.409. The number of anilines is 1. The lowest BCUT2D eigenvalue weighted by Gasteiger charge is -2.30. The minimum absolute atomic E-state index is 0.263. The molecule has 1 aromatic heterocycles. The van der Waals surface area contributed by atoms with Crippen LogP contribution in [0.4, 0.5) is 10.6 Å². The molecule has 1 aliphatic carbocycles. The zero-order chi connectivity index (χ0) is 17.1. The van der Waals surface area contributed by atoms with E-state index in [0.29, 0.717) is 24.8 Å². The summed E-state index contributed by atoms with van der Waals surface area (Å²) < 4.78 is 12.4. The van der Waals surface area contributed by atoms with Gasteiger partial charge in [-0.2, -0.15) is 0 Å². The summed E-state index contributed by atoms with van der Waals surface area (Å²) in [5, 5.41) is 5.77. The lowest BCUT2D eigenvalue weighted by molar-refractivity contribution is -0.00668. The van der Waals surface area contributed by atoms with Crippen molar-refractivity contribution in [1.82, 2.24) is 14.9 Å². The topological polar surface area (TPSA) is 94.5 Å². The molecule has 2 fully saturated rings. The van der Waals surface area contributed by atoms with Gasteiger partial charge in [0, 0.05) is 18.9 Å². The van der Waals surface area contributed by atoms with Crippen molar-refractivity contribution in [3.8, 4) is 0 Å². The first-order valence-corrected chi connectivity index (χ1v) is 8.29. The molecule has 130 valence electrons. The Morgan fingerprint density at radius 1 is 1.42 bits per heavy atom. The fourth-order valence-electron chi connectivity index (χ4n) is 4.07. The van der Waals surface area contributed by atoms with Gasteiger partial charge in [0.25, 0.3) is 0 Å². The average molecular weight is 334 g/mol. The van der Waals surface area contributed by atoms with Gasteiger partial charge in [0.1, 0.15) is 5.82 Å². The third-order valence-electron chi connectivity index (χ3n) is 5.60. The number of urea groups is 1. The van der Waals surface area contributed by atoms with Gasteiger partial charge in [0.2, 0.25) is 0 Å². The fraction of sp³-hybridized carbons (Fsp3) is 0.688. The van der Waals surface area contributed by atoms with Crippen LogP contribution in [0.3, 0.4) is 0 Å². The number of rotatable bonds is 3. The molecule has 2 atom stereocenters. The molecule has 4 rings (SSSR count). The van der Waals surface area contributed by atoms with Gasteiger partial charge < -0.3 is 19.4 Å². The van der Waals surface area contributed by atoms with Crippen LogP contribution >= 0.6 is 0 Å². The van der Waals surface area contributed by atoms with Crippen molar-refractivity contribution in [2.24, 2.45) is 5.92 Å². The smallest absolute Gasteiger partial charge is 0.358 e. The number of imidazole rings is 1. The Kier molecular flexibility index (Phi) is 3.19. The molecule has 24 heavy (non-hydrogen) atoms. The number of nitrogens with one attached hydrogen (secondary N) is 2. The summed E-state index contributed by atoms with van der Waals surface area (Å²) in [6.45, 7) is 5.36. The molecule has 1 saturated heterocycles. The van der Waals surface area contributed by atoms with Gasteiger partial charge in [-0.15, -0.1) is 0 Å². The van der Waals surface area contributed by atoms with E-state index in [2.05, 4.69) is 15.6 Å². The lowest BCUT2D eigenvalue weighted by Crippen LogP contribution is -2.52. The normalized spacial score (nSPS) is 28.9. The van der Waals surface area contributed by atoms with Crippen LogP contribution < -0.4 is 10.6 Å². The Hall–Kier alpha value is -2.09. The van der Waals surface area contributed by atoms with Crippen molar-refractivity contribution >= 4 is 17.8 Å². The number of aryl methyl sites for hydroxylation is 1. The van der Waals surface area contributed by atoms with Gasteiger partial charge >= 0.3 is 12.0 Å². The molecular formula is C16H22N4O4. The van der Waals surface area contributed by atoms with E-state index in [1.165, 1.54) is 7.11 Å². The number of ether oxygens (including phenoxy) is 2. The third kappa shape index (κ3) is 2.05. The van der Waals surface area contributed by atoms with E-state index >= 15 is 0 Å². The number of nitrogens with zero attached hydrogens (tertiary/aromatic N) is 2. The highest BCUT2D eigenvalue weighted by Gasteiger charge is 2.69. The largest absolute Gasteiger partial charge is 0.464 e. The number of carbonyl (C=O) groups excluding carboxylic acids is 2. The maximum atomic E-state index is 12.5. The number of amides is 2. The van der Waals surface area contributed by atoms with Gasteiger partial charge in [-0.1, -0.05) is 0 Å². The van der Waals surface area contributed by atoms with E-state index in [1.54, 1.807) is 0 Å². The van der Waals surface area contributed by atoms with Crippen molar-refractivity contribution < 1.29 is 19.1 Å². The first-order chi connectivity index (χ1) is 11.4. The van der Waals surface area contributed by atoms with Crippen LogP contribution in [-0.4, -0.2) is 46.4 Å². The minimum atomic E-state index is -0.488. The molecule has 1 aromatic rings. The van der Waals surface area contributed by atoms with Crippen LogP contribution in [0.2, 0.25) is 0 Å². The molecule has 0 aromatic carbocycles. The van der Waals surface area contributed by atoms with Gasteiger partial charge in [-0.05, 0) is 26.7 Å². The second-order valence-electron chi connectivity index (χ2n) is 7.24. The minimum Gasteiger partial charge on any atom is -0.464 e. The Labute approximate surface area is 139 Å². The lowest BCUT2D eigenvalue weighted by atomic mass is 9.96. The van der Waals surface area contributed by atoms with E-state index < -0.39 is 11.6 Å². The molecule has 0 bridgehead atoms. The van der Waals surface area contributed by atoms with Crippen LogP contribution in [0.1, 0.15) is 43.0 Å². The van der Waals surface area contributed by atoms with E-state index in [-0.39, 0.29) is 17.4 Å². The Morgan fingerprint density at radius 3 is 2.83 bits per heavy atom. The van der Waals surface area contributed by atoms with Crippen LogP contribution in [0, 0.1) is 5.92 Å². The summed E-state index contributed by atoms with van der Waals surface area (Å²) in [6.07, 6.45) is 2.65. The Balaban J connectivity index is 1.54. The van der Waals surface area contributed by atoms with Gasteiger partial charge in [0.15, 0.2) is 11.5 Å². The van der Waals surface area contributed by atoms with E-state index in [4.69, 9.17) is 9.47 Å². The Bertz CT molecular complexity index is 726. The van der Waals surface area contributed by atoms with E-state index in [1.807, 2.05) is 18.4 Å². The highest BCUT2D eigenvalue weighted by atomic mass is 16.5. The van der Waals surface area contributed by atoms with Crippen molar-refractivity contribution in [3.05, 3.63) is 11.5 Å². The maximum absolute atomic E-state index is 12.5. The number of aromatic nitrogens is 2. The highest BCUT2D eigenvalue weighted by Crippen LogP contribution is 2.57. The SMILES string of the molecule is COC(=O)c1c(NC(=O)NC23CC2COC3(C)C)nc2n1CCC2. The van der Waals surface area contributed by atoms with Crippen molar-refractivity contribution in [3.63, 3.8) is 0 Å². The molecule has 3 heterocycles. The summed E-state index contributed by atoms with van der Waals surface area (Å²) >= 11 is 0. The zero-order valence-corrected chi connectivity index (χ0v) is 14.1. The molecule has 3 aliphatic rings. The third-order valence-corrected chi connectivity index (χ3v) is 5.60. The molecule has 2 amide bonds.